The van der Waals surface area contributed by atoms with E-state index in [1.807, 2.05) is 0 Å². The van der Waals surface area contributed by atoms with Crippen molar-refractivity contribution in [2.45, 2.75) is 31.2 Å². The molecule has 0 spiro atoms. The molecule has 2 aromatic carbocycles. The summed E-state index contributed by atoms with van der Waals surface area (Å²) in [6.45, 7) is 3.43. The Labute approximate surface area is 169 Å². The number of ether oxygens (including phenoxy) is 1. The van der Waals surface area contributed by atoms with E-state index in [-0.39, 0.29) is 21.4 Å². The van der Waals surface area contributed by atoms with Gasteiger partial charge in [-0.3, -0.25) is 4.79 Å². The van der Waals surface area contributed by atoms with E-state index in [1.54, 1.807) is 38.1 Å². The summed E-state index contributed by atoms with van der Waals surface area (Å²) in [5.41, 5.74) is 1.40. The fourth-order valence-corrected chi connectivity index (χ4v) is 4.18. The summed E-state index contributed by atoms with van der Waals surface area (Å²) >= 11 is 6.03. The van der Waals surface area contributed by atoms with E-state index in [0.717, 1.165) is 0 Å². The fraction of sp³-hybridized carbons (Fsp3) is 0.263. The van der Waals surface area contributed by atoms with Crippen LogP contribution in [-0.4, -0.2) is 27.4 Å². The molecule has 28 heavy (non-hydrogen) atoms. The molecule has 0 saturated heterocycles. The topological polar surface area (TPSA) is 102 Å². The van der Waals surface area contributed by atoms with Gasteiger partial charge in [0.25, 0.3) is 0 Å². The van der Waals surface area contributed by atoms with Crippen molar-refractivity contribution in [1.29, 1.82) is 0 Å². The minimum atomic E-state index is -4.00. The maximum Gasteiger partial charge on any atom is 0.337 e. The molecule has 1 atom stereocenters. The third kappa shape index (κ3) is 5.31. The molecule has 0 aromatic heterocycles. The standard InChI is InChI=1S/C19H21ClN2O5S/c1-4-18(23)21-15-8-5-13(6-9-15)12(2)22-28(25,26)17-11-14(19(24)27-3)7-10-16(17)20/h5-12,22H,4H2,1-3H3,(H,21,23). The first-order valence-corrected chi connectivity index (χ1v) is 10.3. The molecule has 0 aliphatic rings. The number of rotatable bonds is 7. The third-order valence-corrected chi connectivity index (χ3v) is 6.01. The average molecular weight is 425 g/mol. The number of carbonyl (C=O) groups is 2. The van der Waals surface area contributed by atoms with E-state index < -0.39 is 22.0 Å². The third-order valence-electron chi connectivity index (χ3n) is 3.99. The van der Waals surface area contributed by atoms with Gasteiger partial charge < -0.3 is 10.1 Å². The van der Waals surface area contributed by atoms with Crippen LogP contribution in [-0.2, 0) is 19.6 Å². The summed E-state index contributed by atoms with van der Waals surface area (Å²) in [5, 5.41) is 2.71. The Hall–Kier alpha value is -2.42. The van der Waals surface area contributed by atoms with Crippen molar-refractivity contribution in [3.63, 3.8) is 0 Å². The van der Waals surface area contributed by atoms with Crippen LogP contribution in [0.1, 0.15) is 42.2 Å². The van der Waals surface area contributed by atoms with Crippen molar-refractivity contribution in [2.75, 3.05) is 12.4 Å². The highest BCUT2D eigenvalue weighted by molar-refractivity contribution is 7.89. The molecule has 2 rings (SSSR count). The molecule has 1 unspecified atom stereocenters. The number of carbonyl (C=O) groups excluding carboxylic acids is 2. The van der Waals surface area contributed by atoms with E-state index in [4.69, 9.17) is 11.6 Å². The lowest BCUT2D eigenvalue weighted by Crippen LogP contribution is -2.27. The Balaban J connectivity index is 2.22. The fourth-order valence-electron chi connectivity index (χ4n) is 2.42. The van der Waals surface area contributed by atoms with Crippen LogP contribution in [0.5, 0.6) is 0 Å². The first-order valence-electron chi connectivity index (χ1n) is 8.48. The van der Waals surface area contributed by atoms with E-state index >= 15 is 0 Å². The van der Waals surface area contributed by atoms with E-state index in [0.29, 0.717) is 17.7 Å². The Morgan fingerprint density at radius 3 is 2.36 bits per heavy atom. The van der Waals surface area contributed by atoms with Gasteiger partial charge in [0.1, 0.15) is 4.90 Å². The molecular weight excluding hydrogens is 404 g/mol. The summed E-state index contributed by atoms with van der Waals surface area (Å²) in [6.07, 6.45) is 0.364. The van der Waals surface area contributed by atoms with Crippen molar-refractivity contribution < 1.29 is 22.7 Å². The number of methoxy groups -OCH3 is 1. The van der Waals surface area contributed by atoms with Crippen molar-refractivity contribution in [3.05, 3.63) is 58.6 Å². The van der Waals surface area contributed by atoms with Crippen LogP contribution >= 0.6 is 11.6 Å². The summed E-state index contributed by atoms with van der Waals surface area (Å²) in [4.78, 5) is 22.9. The molecule has 1 amide bonds. The molecular formula is C19H21ClN2O5S. The Kier molecular flexibility index (Phi) is 7.17. The van der Waals surface area contributed by atoms with Gasteiger partial charge in [0.05, 0.1) is 17.7 Å². The van der Waals surface area contributed by atoms with Crippen LogP contribution in [0.15, 0.2) is 47.4 Å². The van der Waals surface area contributed by atoms with E-state index in [2.05, 4.69) is 14.8 Å². The van der Waals surface area contributed by atoms with Crippen LogP contribution in [0.25, 0.3) is 0 Å². The zero-order valence-corrected chi connectivity index (χ0v) is 17.2. The predicted molar refractivity (Wildman–Crippen MR) is 107 cm³/mol. The number of esters is 1. The van der Waals surface area contributed by atoms with Gasteiger partial charge in [-0.15, -0.1) is 0 Å². The zero-order chi connectivity index (χ0) is 20.9. The largest absolute Gasteiger partial charge is 0.465 e. The number of anilines is 1. The second-order valence-corrected chi connectivity index (χ2v) is 8.09. The van der Waals surface area contributed by atoms with Crippen molar-refractivity contribution >= 4 is 39.2 Å². The smallest absolute Gasteiger partial charge is 0.337 e. The number of halogens is 1. The summed E-state index contributed by atoms with van der Waals surface area (Å²) < 4.78 is 32.6. The SMILES string of the molecule is CCC(=O)Nc1ccc(C(C)NS(=O)(=O)c2cc(C(=O)OC)ccc2Cl)cc1. The highest BCUT2D eigenvalue weighted by Crippen LogP contribution is 2.25. The van der Waals surface area contributed by atoms with Crippen LogP contribution in [0.4, 0.5) is 5.69 Å². The number of nitrogens with one attached hydrogen (secondary N) is 2. The Bertz CT molecular complexity index is 974. The number of hydrogen-bond acceptors (Lipinski definition) is 5. The van der Waals surface area contributed by atoms with Gasteiger partial charge >= 0.3 is 5.97 Å². The molecule has 0 saturated carbocycles. The van der Waals surface area contributed by atoms with Crippen LogP contribution in [0, 0.1) is 0 Å². The molecule has 150 valence electrons. The maximum absolute atomic E-state index is 12.7. The van der Waals surface area contributed by atoms with Crippen molar-refractivity contribution in [1.82, 2.24) is 4.72 Å². The van der Waals surface area contributed by atoms with E-state index in [9.17, 15) is 18.0 Å². The quantitative estimate of drug-likeness (QED) is 0.662. The van der Waals surface area contributed by atoms with Crippen molar-refractivity contribution in [2.24, 2.45) is 0 Å². The molecule has 2 N–H and O–H groups in total. The highest BCUT2D eigenvalue weighted by atomic mass is 35.5. The van der Waals surface area contributed by atoms with Crippen molar-refractivity contribution in [3.8, 4) is 0 Å². The Morgan fingerprint density at radius 2 is 1.79 bits per heavy atom. The van der Waals surface area contributed by atoms with Gasteiger partial charge in [-0.25, -0.2) is 17.9 Å². The van der Waals surface area contributed by atoms with Gasteiger partial charge in [-0.2, -0.15) is 0 Å². The first kappa shape index (κ1) is 21.9. The van der Waals surface area contributed by atoms with Crippen LogP contribution in [0.3, 0.4) is 0 Å². The van der Waals surface area contributed by atoms with Gasteiger partial charge in [0.15, 0.2) is 0 Å². The number of amides is 1. The minimum absolute atomic E-state index is 0.00928. The number of benzene rings is 2. The molecule has 9 heteroatoms. The molecule has 0 aliphatic carbocycles. The highest BCUT2D eigenvalue weighted by Gasteiger charge is 2.23. The molecule has 2 aromatic rings. The zero-order valence-electron chi connectivity index (χ0n) is 15.7. The minimum Gasteiger partial charge on any atom is -0.465 e. The lowest BCUT2D eigenvalue weighted by atomic mass is 10.1. The second kappa shape index (κ2) is 9.18. The molecule has 0 radical (unpaired) electrons. The molecule has 0 aliphatic heterocycles. The predicted octanol–water partition coefficient (Wildman–Crippen LogP) is 3.51. The maximum atomic E-state index is 12.7. The molecule has 0 bridgehead atoms. The monoisotopic (exact) mass is 424 g/mol. The van der Waals surface area contributed by atoms with Gasteiger partial charge in [0.2, 0.25) is 15.9 Å². The Morgan fingerprint density at radius 1 is 1.14 bits per heavy atom. The number of sulfonamides is 1. The average Bonchev–Trinajstić information content (AvgIpc) is 2.67. The van der Waals surface area contributed by atoms with Gasteiger partial charge in [-0.05, 0) is 42.8 Å². The number of hydrogen-bond donors (Lipinski definition) is 2. The normalized spacial score (nSPS) is 12.3. The van der Waals surface area contributed by atoms with Gasteiger partial charge in [0, 0.05) is 18.2 Å². The van der Waals surface area contributed by atoms with Crippen LogP contribution < -0.4 is 10.0 Å². The second-order valence-electron chi connectivity index (χ2n) is 6.00. The lowest BCUT2D eigenvalue weighted by Gasteiger charge is -2.16. The molecule has 0 fully saturated rings. The molecule has 0 heterocycles. The van der Waals surface area contributed by atoms with Crippen LogP contribution in [0.2, 0.25) is 5.02 Å². The summed E-state index contributed by atoms with van der Waals surface area (Å²) in [5.74, 6) is -0.771. The van der Waals surface area contributed by atoms with E-state index in [1.165, 1.54) is 25.3 Å². The first-order chi connectivity index (χ1) is 13.2. The summed E-state index contributed by atoms with van der Waals surface area (Å²) in [6, 6.07) is 10.1. The summed E-state index contributed by atoms with van der Waals surface area (Å²) in [7, 11) is -2.79. The molecule has 7 nitrogen and oxygen atoms in total. The lowest BCUT2D eigenvalue weighted by molar-refractivity contribution is -0.115. The van der Waals surface area contributed by atoms with Gasteiger partial charge in [-0.1, -0.05) is 30.7 Å².